The summed E-state index contributed by atoms with van der Waals surface area (Å²) in [7, 11) is 0. The highest BCUT2D eigenvalue weighted by Crippen LogP contribution is 2.73. The topological polar surface area (TPSA) is 52.6 Å². The minimum absolute atomic E-state index is 0.0601. The molecule has 1 aliphatic heterocycles. The molecule has 4 nitrogen and oxygen atoms in total. The molecule has 23 heavy (non-hydrogen) atoms. The number of hydrogen-bond donors (Lipinski definition) is 0. The minimum atomic E-state index is -0.285. The monoisotopic (exact) mass is 320 g/mol. The predicted octanol–water partition coefficient (Wildman–Crippen LogP) is 3.48. The van der Waals surface area contributed by atoms with Gasteiger partial charge in [0.2, 0.25) is 0 Å². The Kier molecular flexibility index (Phi) is 3.34. The number of cyclic esters (lactones) is 1. The number of carbonyl (C=O) groups excluding carboxylic acids is 2. The average Bonchev–Trinajstić information content (AvgIpc) is 2.98. The van der Waals surface area contributed by atoms with Crippen LogP contribution in [0, 0.1) is 29.1 Å². The molecule has 0 bridgehead atoms. The van der Waals surface area contributed by atoms with E-state index >= 15 is 0 Å². The molecule has 6 atom stereocenters. The van der Waals surface area contributed by atoms with Gasteiger partial charge in [-0.25, -0.2) is 0 Å². The largest absolute Gasteiger partial charge is 0.462 e. The Morgan fingerprint density at radius 3 is 2.65 bits per heavy atom. The number of esters is 2. The Hall–Kier alpha value is -1.06. The summed E-state index contributed by atoms with van der Waals surface area (Å²) >= 11 is 0. The molecule has 1 saturated heterocycles. The van der Waals surface area contributed by atoms with E-state index in [0.717, 1.165) is 38.5 Å². The lowest BCUT2D eigenvalue weighted by atomic mass is 9.79. The number of rotatable bonds is 3. The van der Waals surface area contributed by atoms with Crippen LogP contribution in [0.2, 0.25) is 0 Å². The van der Waals surface area contributed by atoms with Gasteiger partial charge in [0.25, 0.3) is 0 Å². The molecule has 0 amide bonds. The summed E-state index contributed by atoms with van der Waals surface area (Å²) in [4.78, 5) is 25.3. The van der Waals surface area contributed by atoms with E-state index in [1.165, 1.54) is 6.42 Å². The van der Waals surface area contributed by atoms with Crippen LogP contribution in [0.4, 0.5) is 0 Å². The molecule has 4 rings (SSSR count). The van der Waals surface area contributed by atoms with Gasteiger partial charge in [0.15, 0.2) is 0 Å². The van der Waals surface area contributed by atoms with Crippen molar-refractivity contribution < 1.29 is 19.1 Å². The first kappa shape index (κ1) is 15.5. The Balaban J connectivity index is 1.56. The fourth-order valence-electron chi connectivity index (χ4n) is 5.99. The van der Waals surface area contributed by atoms with E-state index in [1.807, 2.05) is 6.92 Å². The maximum Gasteiger partial charge on any atom is 0.310 e. The third-order valence-electron chi connectivity index (χ3n) is 7.39. The van der Waals surface area contributed by atoms with Crippen molar-refractivity contribution in [2.24, 2.45) is 29.1 Å². The molecule has 4 fully saturated rings. The Morgan fingerprint density at radius 2 is 2.00 bits per heavy atom. The third kappa shape index (κ3) is 2.09. The molecule has 0 N–H and O–H groups in total. The second-order valence-electron chi connectivity index (χ2n) is 8.55. The lowest BCUT2D eigenvalue weighted by molar-refractivity contribution is -0.173. The average molecular weight is 320 g/mol. The second-order valence-corrected chi connectivity index (χ2v) is 8.55. The molecule has 0 radical (unpaired) electrons. The highest BCUT2D eigenvalue weighted by molar-refractivity contribution is 5.86. The Morgan fingerprint density at radius 1 is 1.30 bits per heavy atom. The molecule has 1 heterocycles. The minimum Gasteiger partial charge on any atom is -0.462 e. The molecular weight excluding hydrogens is 292 g/mol. The zero-order valence-corrected chi connectivity index (χ0v) is 14.5. The molecule has 3 saturated carbocycles. The fraction of sp³-hybridized carbons (Fsp3) is 0.895. The lowest BCUT2D eigenvalue weighted by Crippen LogP contribution is -2.41. The van der Waals surface area contributed by atoms with Crippen LogP contribution in [0.25, 0.3) is 0 Å². The van der Waals surface area contributed by atoms with Crippen LogP contribution in [-0.2, 0) is 19.1 Å². The van der Waals surface area contributed by atoms with Crippen LogP contribution in [0.3, 0.4) is 0 Å². The fourth-order valence-corrected chi connectivity index (χ4v) is 5.99. The van der Waals surface area contributed by atoms with Crippen molar-refractivity contribution in [1.29, 1.82) is 0 Å². The zero-order valence-electron chi connectivity index (χ0n) is 14.5. The van der Waals surface area contributed by atoms with Gasteiger partial charge in [-0.3, -0.25) is 9.59 Å². The van der Waals surface area contributed by atoms with Crippen LogP contribution in [0.5, 0.6) is 0 Å². The third-order valence-corrected chi connectivity index (χ3v) is 7.39. The summed E-state index contributed by atoms with van der Waals surface area (Å²) in [5.74, 6) is -0.320. The smallest absolute Gasteiger partial charge is 0.310 e. The van der Waals surface area contributed by atoms with E-state index in [9.17, 15) is 9.59 Å². The van der Waals surface area contributed by atoms with E-state index in [0.29, 0.717) is 5.92 Å². The number of carbonyl (C=O) groups is 2. The van der Waals surface area contributed by atoms with Gasteiger partial charge < -0.3 is 9.47 Å². The summed E-state index contributed by atoms with van der Waals surface area (Å²) in [6.45, 7) is 6.31. The van der Waals surface area contributed by atoms with Crippen LogP contribution >= 0.6 is 0 Å². The summed E-state index contributed by atoms with van der Waals surface area (Å²) < 4.78 is 11.6. The molecule has 3 aliphatic carbocycles. The molecule has 0 spiro atoms. The van der Waals surface area contributed by atoms with Crippen molar-refractivity contribution in [1.82, 2.24) is 0 Å². The lowest BCUT2D eigenvalue weighted by Gasteiger charge is -2.37. The predicted molar refractivity (Wildman–Crippen MR) is 84.4 cm³/mol. The summed E-state index contributed by atoms with van der Waals surface area (Å²) in [5.41, 5.74) is -0.182. The van der Waals surface area contributed by atoms with Gasteiger partial charge in [-0.2, -0.15) is 0 Å². The zero-order chi connectivity index (χ0) is 16.4. The first-order valence-electron chi connectivity index (χ1n) is 9.35. The summed E-state index contributed by atoms with van der Waals surface area (Å²) in [6, 6.07) is 0. The number of hydrogen-bond acceptors (Lipinski definition) is 4. The van der Waals surface area contributed by atoms with Gasteiger partial charge in [-0.1, -0.05) is 20.3 Å². The molecule has 0 aromatic heterocycles. The SMILES string of the molecule is CCC1(OC(=O)C2C3C(=O)OC(C)C3C3(C)CC23)CCCCC1. The van der Waals surface area contributed by atoms with E-state index < -0.39 is 0 Å². The van der Waals surface area contributed by atoms with Gasteiger partial charge in [-0.15, -0.1) is 0 Å². The van der Waals surface area contributed by atoms with Gasteiger partial charge in [-0.05, 0) is 56.8 Å². The van der Waals surface area contributed by atoms with Crippen LogP contribution < -0.4 is 0 Å². The standard InChI is InChI=1S/C19H28O4/c1-4-19(8-6-5-7-9-19)23-17(21)13-12-10-18(12,3)15-11(2)22-16(20)14(13)15/h11-15H,4-10H2,1-3H3. The van der Waals surface area contributed by atoms with Gasteiger partial charge in [0.05, 0.1) is 11.8 Å². The first-order valence-corrected chi connectivity index (χ1v) is 9.35. The van der Waals surface area contributed by atoms with Crippen molar-refractivity contribution in [3.05, 3.63) is 0 Å². The van der Waals surface area contributed by atoms with Crippen LogP contribution in [0.1, 0.15) is 65.7 Å². The van der Waals surface area contributed by atoms with Crippen molar-refractivity contribution in [3.63, 3.8) is 0 Å². The van der Waals surface area contributed by atoms with Gasteiger partial charge >= 0.3 is 11.9 Å². The first-order chi connectivity index (χ1) is 10.9. The van der Waals surface area contributed by atoms with E-state index in [1.54, 1.807) is 0 Å². The van der Waals surface area contributed by atoms with Crippen molar-refractivity contribution in [3.8, 4) is 0 Å². The van der Waals surface area contributed by atoms with Crippen LogP contribution in [0.15, 0.2) is 0 Å². The molecule has 0 aromatic carbocycles. The van der Waals surface area contributed by atoms with E-state index in [4.69, 9.17) is 9.47 Å². The maximum atomic E-state index is 13.0. The van der Waals surface area contributed by atoms with Crippen LogP contribution in [-0.4, -0.2) is 23.6 Å². The molecule has 128 valence electrons. The normalized spacial score (nSPS) is 46.7. The van der Waals surface area contributed by atoms with Crippen molar-refractivity contribution in [2.45, 2.75) is 77.4 Å². The highest BCUT2D eigenvalue weighted by atomic mass is 16.6. The Bertz CT molecular complexity index is 535. The number of fused-ring (bicyclic) bond motifs is 3. The van der Waals surface area contributed by atoms with Gasteiger partial charge in [0, 0.05) is 5.92 Å². The number of ether oxygens (including phenoxy) is 2. The van der Waals surface area contributed by atoms with E-state index in [-0.39, 0.29) is 46.8 Å². The quantitative estimate of drug-likeness (QED) is 0.747. The Labute approximate surface area is 138 Å². The molecule has 0 aromatic rings. The summed E-state index contributed by atoms with van der Waals surface area (Å²) in [6.07, 6.45) is 7.30. The maximum absolute atomic E-state index is 13.0. The molecular formula is C19H28O4. The summed E-state index contributed by atoms with van der Waals surface area (Å²) in [5, 5.41) is 0. The van der Waals surface area contributed by atoms with E-state index in [2.05, 4.69) is 13.8 Å². The second kappa shape index (κ2) is 4.97. The highest BCUT2D eigenvalue weighted by Gasteiger charge is 2.75. The van der Waals surface area contributed by atoms with Gasteiger partial charge in [0.1, 0.15) is 11.7 Å². The molecule has 4 aliphatic rings. The molecule has 6 unspecified atom stereocenters. The van der Waals surface area contributed by atoms with Crippen molar-refractivity contribution in [2.75, 3.05) is 0 Å². The van der Waals surface area contributed by atoms with Crippen molar-refractivity contribution >= 4 is 11.9 Å². The molecule has 4 heteroatoms.